The molecule has 2 aromatic carbocycles. The van der Waals surface area contributed by atoms with Gasteiger partial charge in [-0.2, -0.15) is 0 Å². The third-order valence-corrected chi connectivity index (χ3v) is 8.53. The highest BCUT2D eigenvalue weighted by atomic mass is 32.2. The second-order valence-electron chi connectivity index (χ2n) is 8.84. The number of benzene rings is 2. The van der Waals surface area contributed by atoms with Gasteiger partial charge in [0.25, 0.3) is 10.0 Å². The van der Waals surface area contributed by atoms with Crippen molar-refractivity contribution in [3.63, 3.8) is 0 Å². The molecule has 0 spiro atoms. The zero-order valence-corrected chi connectivity index (χ0v) is 20.7. The van der Waals surface area contributed by atoms with Crippen LogP contribution >= 0.6 is 0 Å². The molecule has 2 aliphatic rings. The molecule has 2 aliphatic heterocycles. The molecule has 0 bridgehead atoms. The van der Waals surface area contributed by atoms with Crippen molar-refractivity contribution in [1.29, 1.82) is 10.8 Å². The van der Waals surface area contributed by atoms with Gasteiger partial charge >= 0.3 is 0 Å². The number of likely N-dealkylation sites (tertiary alicyclic amines) is 1. The summed E-state index contributed by atoms with van der Waals surface area (Å²) in [7, 11) is -3.77. The average molecular weight is 500 g/mol. The van der Waals surface area contributed by atoms with Crippen molar-refractivity contribution in [1.82, 2.24) is 9.80 Å². The number of fused-ring (bicyclic) bond motifs is 1. The standard InChI is InChI=1S/C24H33N7O3S/c1-2-31(19-4-3-17-9-12-30(24(27)28)16-18(17)15-19)35(32,33)22-7-5-20(6-8-22)34-21-10-13-29(14-11-21)23(25)26/h3-8,15,21H,2,9-14,16H2,1H3,(H3,25,26)(H3,27,28). The summed E-state index contributed by atoms with van der Waals surface area (Å²) in [5.41, 5.74) is 13.9. The molecule has 0 radical (unpaired) electrons. The smallest absolute Gasteiger partial charge is 0.264 e. The number of nitrogens with zero attached hydrogens (tertiary/aromatic N) is 3. The van der Waals surface area contributed by atoms with Crippen LogP contribution in [0.3, 0.4) is 0 Å². The lowest BCUT2D eigenvalue weighted by molar-refractivity contribution is 0.130. The molecule has 11 heteroatoms. The van der Waals surface area contributed by atoms with E-state index in [-0.39, 0.29) is 29.5 Å². The number of hydrogen-bond donors (Lipinski definition) is 4. The highest BCUT2D eigenvalue weighted by Crippen LogP contribution is 2.29. The molecular formula is C24H33N7O3S. The number of piperidine rings is 1. The first kappa shape index (κ1) is 24.6. The van der Waals surface area contributed by atoms with Gasteiger partial charge in [0.1, 0.15) is 11.9 Å². The molecule has 4 rings (SSSR count). The lowest BCUT2D eigenvalue weighted by Gasteiger charge is -2.32. The minimum atomic E-state index is -3.77. The van der Waals surface area contributed by atoms with Crippen LogP contribution in [0.5, 0.6) is 5.75 Å². The number of sulfonamides is 1. The van der Waals surface area contributed by atoms with Gasteiger partial charge in [-0.15, -0.1) is 0 Å². The van der Waals surface area contributed by atoms with Gasteiger partial charge in [0, 0.05) is 45.6 Å². The first-order valence-corrected chi connectivity index (χ1v) is 13.2. The summed E-state index contributed by atoms with van der Waals surface area (Å²) < 4.78 is 34.4. The lowest BCUT2D eigenvalue weighted by atomic mass is 9.99. The zero-order valence-electron chi connectivity index (χ0n) is 19.9. The van der Waals surface area contributed by atoms with E-state index >= 15 is 0 Å². The Kier molecular flexibility index (Phi) is 7.06. The minimum absolute atomic E-state index is 0.00487. The maximum absolute atomic E-state index is 13.5. The van der Waals surface area contributed by atoms with Gasteiger partial charge in [-0.05, 0) is 60.9 Å². The number of hydrogen-bond acceptors (Lipinski definition) is 5. The van der Waals surface area contributed by atoms with E-state index in [0.717, 1.165) is 30.4 Å². The Morgan fingerprint density at radius 1 is 1.00 bits per heavy atom. The Hall–Kier alpha value is -3.47. The third kappa shape index (κ3) is 5.29. The molecule has 0 unspecified atom stereocenters. The Morgan fingerprint density at radius 2 is 1.66 bits per heavy atom. The predicted octanol–water partition coefficient (Wildman–Crippen LogP) is 1.89. The van der Waals surface area contributed by atoms with Gasteiger partial charge in [-0.1, -0.05) is 6.07 Å². The second-order valence-corrected chi connectivity index (χ2v) is 10.7. The highest BCUT2D eigenvalue weighted by molar-refractivity contribution is 7.92. The van der Waals surface area contributed by atoms with Crippen molar-refractivity contribution in [2.45, 2.75) is 43.7 Å². The van der Waals surface area contributed by atoms with E-state index in [1.165, 1.54) is 4.31 Å². The molecule has 6 N–H and O–H groups in total. The average Bonchev–Trinajstić information content (AvgIpc) is 2.84. The second kappa shape index (κ2) is 10.0. The van der Waals surface area contributed by atoms with Gasteiger partial charge in [-0.3, -0.25) is 15.1 Å². The van der Waals surface area contributed by atoms with Gasteiger partial charge in [0.15, 0.2) is 11.9 Å². The van der Waals surface area contributed by atoms with E-state index < -0.39 is 10.0 Å². The molecule has 0 amide bonds. The van der Waals surface area contributed by atoms with E-state index in [0.29, 0.717) is 37.6 Å². The Balaban J connectivity index is 1.48. The van der Waals surface area contributed by atoms with E-state index in [9.17, 15) is 8.42 Å². The summed E-state index contributed by atoms with van der Waals surface area (Å²) in [4.78, 5) is 3.79. The number of nitrogens with two attached hydrogens (primary N) is 2. The first-order valence-electron chi connectivity index (χ1n) is 11.8. The summed E-state index contributed by atoms with van der Waals surface area (Å²) in [6.07, 6.45) is 2.28. The van der Waals surface area contributed by atoms with E-state index in [4.69, 9.17) is 27.0 Å². The molecule has 0 aliphatic carbocycles. The summed E-state index contributed by atoms with van der Waals surface area (Å²) in [6.45, 7) is 4.61. The number of nitrogens with one attached hydrogen (secondary N) is 2. The van der Waals surface area contributed by atoms with Crippen LogP contribution in [0, 0.1) is 10.8 Å². The van der Waals surface area contributed by atoms with E-state index in [1.807, 2.05) is 30.0 Å². The number of anilines is 1. The fraction of sp³-hybridized carbons (Fsp3) is 0.417. The monoisotopic (exact) mass is 499 g/mol. The van der Waals surface area contributed by atoms with Crippen LogP contribution in [-0.4, -0.2) is 62.4 Å². The van der Waals surface area contributed by atoms with Gasteiger partial charge in [-0.25, -0.2) is 8.42 Å². The Bertz CT molecular complexity index is 1190. The number of ether oxygens (including phenoxy) is 1. The fourth-order valence-electron chi connectivity index (χ4n) is 4.62. The van der Waals surface area contributed by atoms with Crippen molar-refractivity contribution < 1.29 is 13.2 Å². The van der Waals surface area contributed by atoms with Crippen molar-refractivity contribution in [3.8, 4) is 5.75 Å². The van der Waals surface area contributed by atoms with Gasteiger partial charge < -0.3 is 26.0 Å². The van der Waals surface area contributed by atoms with Crippen LogP contribution in [-0.2, 0) is 23.0 Å². The maximum Gasteiger partial charge on any atom is 0.264 e. The van der Waals surface area contributed by atoms with Crippen LogP contribution in [0.1, 0.15) is 30.9 Å². The molecule has 0 aromatic heterocycles. The summed E-state index contributed by atoms with van der Waals surface area (Å²) in [5, 5.41) is 15.2. The highest BCUT2D eigenvalue weighted by Gasteiger charge is 2.26. The van der Waals surface area contributed by atoms with Crippen LogP contribution in [0.25, 0.3) is 0 Å². The maximum atomic E-state index is 13.5. The van der Waals surface area contributed by atoms with Crippen molar-refractivity contribution in [2.24, 2.45) is 11.5 Å². The molecule has 1 saturated heterocycles. The number of guanidine groups is 2. The molecule has 0 atom stereocenters. The first-order chi connectivity index (χ1) is 16.7. The molecule has 1 fully saturated rings. The Labute approximate surface area is 206 Å². The van der Waals surface area contributed by atoms with Crippen LogP contribution in [0.15, 0.2) is 47.4 Å². The minimum Gasteiger partial charge on any atom is -0.490 e. The molecule has 2 heterocycles. The molecule has 10 nitrogen and oxygen atoms in total. The number of rotatable bonds is 6. The normalized spacial score (nSPS) is 16.5. The topological polar surface area (TPSA) is 153 Å². The van der Waals surface area contributed by atoms with E-state index in [1.54, 1.807) is 29.2 Å². The quantitative estimate of drug-likeness (QED) is 0.350. The van der Waals surface area contributed by atoms with Crippen molar-refractivity contribution in [3.05, 3.63) is 53.6 Å². The summed E-state index contributed by atoms with van der Waals surface area (Å²) in [5.74, 6) is 0.715. The van der Waals surface area contributed by atoms with Crippen molar-refractivity contribution in [2.75, 3.05) is 30.5 Å². The van der Waals surface area contributed by atoms with Gasteiger partial charge in [0.2, 0.25) is 0 Å². The molecular weight excluding hydrogens is 466 g/mol. The zero-order chi connectivity index (χ0) is 25.2. The lowest BCUT2D eigenvalue weighted by Crippen LogP contribution is -2.44. The largest absolute Gasteiger partial charge is 0.490 e. The van der Waals surface area contributed by atoms with Gasteiger partial charge in [0.05, 0.1) is 10.6 Å². The SMILES string of the molecule is CCN(c1ccc2c(c1)CN(C(=N)N)CC2)S(=O)(=O)c1ccc(OC2CCN(C(=N)N)CC2)cc1. The summed E-state index contributed by atoms with van der Waals surface area (Å²) >= 11 is 0. The fourth-order valence-corrected chi connectivity index (χ4v) is 6.09. The predicted molar refractivity (Wildman–Crippen MR) is 136 cm³/mol. The Morgan fingerprint density at radius 3 is 2.26 bits per heavy atom. The van der Waals surface area contributed by atoms with Crippen LogP contribution in [0.4, 0.5) is 5.69 Å². The van der Waals surface area contributed by atoms with Crippen molar-refractivity contribution >= 4 is 27.6 Å². The summed E-state index contributed by atoms with van der Waals surface area (Å²) in [6, 6.07) is 12.2. The molecule has 35 heavy (non-hydrogen) atoms. The van der Waals surface area contributed by atoms with Crippen LogP contribution in [0.2, 0.25) is 0 Å². The van der Waals surface area contributed by atoms with E-state index in [2.05, 4.69) is 0 Å². The molecule has 0 saturated carbocycles. The molecule has 2 aromatic rings. The third-order valence-electron chi connectivity index (χ3n) is 6.62. The van der Waals surface area contributed by atoms with Crippen LogP contribution < -0.4 is 20.5 Å². The molecule has 188 valence electrons.